The molecule has 0 saturated heterocycles. The standard InChI is InChI=1S/C16H19BrO3S/c1-3-11-6-9-21-16(11)15(18)12-4-5-14(13(17)10-12)20-8-7-19-2/h4-6,9-10,15,18H,3,7-8H2,1-2H3. The highest BCUT2D eigenvalue weighted by molar-refractivity contribution is 9.10. The summed E-state index contributed by atoms with van der Waals surface area (Å²) in [4.78, 5) is 1.01. The van der Waals surface area contributed by atoms with E-state index in [0.29, 0.717) is 13.2 Å². The normalized spacial score (nSPS) is 12.4. The molecule has 0 saturated carbocycles. The van der Waals surface area contributed by atoms with Crippen molar-refractivity contribution in [1.29, 1.82) is 0 Å². The summed E-state index contributed by atoms with van der Waals surface area (Å²) in [5, 5.41) is 12.6. The minimum absolute atomic E-state index is 0.502. The molecule has 1 N–H and O–H groups in total. The van der Waals surface area contributed by atoms with Gasteiger partial charge in [0.25, 0.3) is 0 Å². The topological polar surface area (TPSA) is 38.7 Å². The third-order valence-corrected chi connectivity index (χ3v) is 4.86. The molecule has 0 aliphatic carbocycles. The molecular weight excluding hydrogens is 352 g/mol. The number of aliphatic hydroxyl groups is 1. The highest BCUT2D eigenvalue weighted by atomic mass is 79.9. The average molecular weight is 371 g/mol. The molecule has 2 aromatic rings. The highest BCUT2D eigenvalue weighted by Crippen LogP contribution is 2.34. The highest BCUT2D eigenvalue weighted by Gasteiger charge is 2.16. The molecule has 1 aromatic carbocycles. The van der Waals surface area contributed by atoms with Gasteiger partial charge in [-0.15, -0.1) is 11.3 Å². The Labute approximate surface area is 137 Å². The summed E-state index contributed by atoms with van der Waals surface area (Å²) in [6.45, 7) is 3.15. The van der Waals surface area contributed by atoms with Crippen molar-refractivity contribution in [2.24, 2.45) is 0 Å². The van der Waals surface area contributed by atoms with Gasteiger partial charge in [-0.1, -0.05) is 13.0 Å². The van der Waals surface area contributed by atoms with Gasteiger partial charge < -0.3 is 14.6 Å². The van der Waals surface area contributed by atoms with Crippen molar-refractivity contribution in [2.75, 3.05) is 20.3 Å². The van der Waals surface area contributed by atoms with Crippen LogP contribution in [0.4, 0.5) is 0 Å². The second-order valence-corrected chi connectivity index (χ2v) is 6.40. The van der Waals surface area contributed by atoms with Gasteiger partial charge in [0.2, 0.25) is 0 Å². The maximum Gasteiger partial charge on any atom is 0.133 e. The maximum atomic E-state index is 10.6. The number of aryl methyl sites for hydroxylation is 1. The molecule has 0 amide bonds. The average Bonchev–Trinajstić information content (AvgIpc) is 2.96. The fraction of sp³-hybridized carbons (Fsp3) is 0.375. The molecule has 0 bridgehead atoms. The first-order valence-electron chi connectivity index (χ1n) is 6.82. The number of hydrogen-bond acceptors (Lipinski definition) is 4. The number of methoxy groups -OCH3 is 1. The molecule has 0 radical (unpaired) electrons. The molecule has 114 valence electrons. The third-order valence-electron chi connectivity index (χ3n) is 3.23. The second kappa shape index (κ2) is 7.94. The predicted molar refractivity (Wildman–Crippen MR) is 89.3 cm³/mol. The van der Waals surface area contributed by atoms with Crippen LogP contribution in [0, 0.1) is 0 Å². The maximum absolute atomic E-state index is 10.6. The zero-order valence-corrected chi connectivity index (χ0v) is 14.5. The Morgan fingerprint density at radius 1 is 1.29 bits per heavy atom. The molecule has 2 rings (SSSR count). The van der Waals surface area contributed by atoms with Gasteiger partial charge in [-0.3, -0.25) is 0 Å². The molecule has 0 aliphatic heterocycles. The van der Waals surface area contributed by atoms with Crippen LogP contribution >= 0.6 is 27.3 Å². The van der Waals surface area contributed by atoms with Crippen molar-refractivity contribution in [3.8, 4) is 5.75 Å². The van der Waals surface area contributed by atoms with E-state index in [4.69, 9.17) is 9.47 Å². The number of aliphatic hydroxyl groups excluding tert-OH is 1. The van der Waals surface area contributed by atoms with Crippen LogP contribution < -0.4 is 4.74 Å². The minimum Gasteiger partial charge on any atom is -0.490 e. The van der Waals surface area contributed by atoms with Crippen LogP contribution in [0.5, 0.6) is 5.75 Å². The van der Waals surface area contributed by atoms with Gasteiger partial charge >= 0.3 is 0 Å². The van der Waals surface area contributed by atoms with Crippen molar-refractivity contribution < 1.29 is 14.6 Å². The largest absolute Gasteiger partial charge is 0.490 e. The van der Waals surface area contributed by atoms with E-state index >= 15 is 0 Å². The van der Waals surface area contributed by atoms with Crippen molar-refractivity contribution >= 4 is 27.3 Å². The molecule has 1 aromatic heterocycles. The van der Waals surface area contributed by atoms with Crippen LogP contribution in [-0.2, 0) is 11.2 Å². The fourth-order valence-corrected chi connectivity index (χ4v) is 3.59. The lowest BCUT2D eigenvalue weighted by molar-refractivity contribution is 0.146. The lowest BCUT2D eigenvalue weighted by atomic mass is 10.0. The molecule has 3 nitrogen and oxygen atoms in total. The summed E-state index contributed by atoms with van der Waals surface area (Å²) < 4.78 is 11.4. The number of ether oxygens (including phenoxy) is 2. The Morgan fingerprint density at radius 3 is 2.76 bits per heavy atom. The number of halogens is 1. The first-order valence-corrected chi connectivity index (χ1v) is 8.50. The summed E-state index contributed by atoms with van der Waals surface area (Å²) in [5.41, 5.74) is 2.06. The molecule has 1 atom stereocenters. The van der Waals surface area contributed by atoms with Crippen molar-refractivity contribution in [2.45, 2.75) is 19.4 Å². The van der Waals surface area contributed by atoms with E-state index in [-0.39, 0.29) is 0 Å². The Balaban J connectivity index is 2.15. The SMILES string of the molecule is CCc1ccsc1C(O)c1ccc(OCCOC)c(Br)c1. The van der Waals surface area contributed by atoms with Crippen molar-refractivity contribution in [1.82, 2.24) is 0 Å². The zero-order valence-electron chi connectivity index (χ0n) is 12.1. The van der Waals surface area contributed by atoms with Gasteiger partial charge in [0.05, 0.1) is 11.1 Å². The van der Waals surface area contributed by atoms with Gasteiger partial charge in [0.15, 0.2) is 0 Å². The van der Waals surface area contributed by atoms with E-state index in [2.05, 4.69) is 28.9 Å². The lowest BCUT2D eigenvalue weighted by Crippen LogP contribution is -2.05. The molecule has 5 heteroatoms. The number of rotatable bonds is 7. The summed E-state index contributed by atoms with van der Waals surface area (Å²) in [6.07, 6.45) is 0.333. The zero-order chi connectivity index (χ0) is 15.2. The van der Waals surface area contributed by atoms with Gasteiger partial charge in [-0.25, -0.2) is 0 Å². The molecule has 0 aliphatic rings. The van der Waals surface area contributed by atoms with E-state index in [1.54, 1.807) is 18.4 Å². The van der Waals surface area contributed by atoms with Gasteiger partial charge in [-0.05, 0) is 57.1 Å². The number of hydrogen-bond donors (Lipinski definition) is 1. The monoisotopic (exact) mass is 370 g/mol. The van der Waals surface area contributed by atoms with Gasteiger partial charge in [0.1, 0.15) is 18.5 Å². The quantitative estimate of drug-likeness (QED) is 0.742. The smallest absolute Gasteiger partial charge is 0.133 e. The molecule has 1 unspecified atom stereocenters. The number of thiophene rings is 1. The van der Waals surface area contributed by atoms with E-state index in [9.17, 15) is 5.11 Å². The molecule has 0 spiro atoms. The van der Waals surface area contributed by atoms with E-state index < -0.39 is 6.10 Å². The first kappa shape index (κ1) is 16.5. The van der Waals surface area contributed by atoms with Gasteiger partial charge in [-0.2, -0.15) is 0 Å². The van der Waals surface area contributed by atoms with Crippen LogP contribution in [0.1, 0.15) is 29.0 Å². The van der Waals surface area contributed by atoms with Crippen molar-refractivity contribution in [3.05, 3.63) is 50.1 Å². The predicted octanol–water partition coefficient (Wildman–Crippen LogP) is 4.18. The third kappa shape index (κ3) is 4.07. The molecule has 21 heavy (non-hydrogen) atoms. The number of benzene rings is 1. The second-order valence-electron chi connectivity index (χ2n) is 4.60. The summed E-state index contributed by atoms with van der Waals surface area (Å²) in [7, 11) is 1.64. The Kier molecular flexibility index (Phi) is 6.23. The lowest BCUT2D eigenvalue weighted by Gasteiger charge is -2.14. The van der Waals surface area contributed by atoms with Crippen LogP contribution in [0.3, 0.4) is 0 Å². The van der Waals surface area contributed by atoms with Crippen molar-refractivity contribution in [3.63, 3.8) is 0 Å². The Morgan fingerprint density at radius 2 is 2.10 bits per heavy atom. The van der Waals surface area contributed by atoms with Crippen LogP contribution in [0.25, 0.3) is 0 Å². The van der Waals surface area contributed by atoms with Crippen LogP contribution in [-0.4, -0.2) is 25.4 Å². The van der Waals surface area contributed by atoms with E-state index in [0.717, 1.165) is 27.1 Å². The molecule has 0 fully saturated rings. The van der Waals surface area contributed by atoms with Crippen LogP contribution in [0.15, 0.2) is 34.1 Å². The Hall–Kier alpha value is -0.880. The minimum atomic E-state index is -0.593. The Bertz CT molecular complexity index is 583. The summed E-state index contributed by atoms with van der Waals surface area (Å²) in [5.74, 6) is 0.755. The fourth-order valence-electron chi connectivity index (χ4n) is 2.07. The summed E-state index contributed by atoms with van der Waals surface area (Å²) in [6, 6.07) is 7.75. The van der Waals surface area contributed by atoms with Crippen LogP contribution in [0.2, 0.25) is 0 Å². The summed E-state index contributed by atoms with van der Waals surface area (Å²) >= 11 is 5.08. The van der Waals surface area contributed by atoms with E-state index in [1.165, 1.54) is 5.56 Å². The van der Waals surface area contributed by atoms with E-state index in [1.807, 2.05) is 23.6 Å². The molecular formula is C16H19BrO3S. The van der Waals surface area contributed by atoms with Gasteiger partial charge in [0, 0.05) is 12.0 Å². The molecule has 1 heterocycles. The first-order chi connectivity index (χ1) is 10.2.